The lowest BCUT2D eigenvalue weighted by atomic mass is 9.47. The van der Waals surface area contributed by atoms with Crippen molar-refractivity contribution in [3.63, 3.8) is 0 Å². The van der Waals surface area contributed by atoms with Gasteiger partial charge in [0.05, 0.1) is 6.20 Å². The first-order chi connectivity index (χ1) is 13.8. The van der Waals surface area contributed by atoms with Crippen LogP contribution in [-0.4, -0.2) is 15.6 Å². The van der Waals surface area contributed by atoms with Crippen LogP contribution in [0.25, 0.3) is 0 Å². The first-order valence-electron chi connectivity index (χ1n) is 12.3. The zero-order valence-corrected chi connectivity index (χ0v) is 19.0. The minimum atomic E-state index is -0.180. The van der Waals surface area contributed by atoms with Crippen LogP contribution in [0.1, 0.15) is 84.1 Å². The van der Waals surface area contributed by atoms with Crippen LogP contribution in [0, 0.1) is 53.3 Å². The van der Waals surface area contributed by atoms with Crippen molar-refractivity contribution in [2.45, 2.75) is 92.0 Å². The van der Waals surface area contributed by atoms with Gasteiger partial charge in [0.1, 0.15) is 6.54 Å². The molecule has 0 amide bonds. The number of ketones is 1. The van der Waals surface area contributed by atoms with Crippen molar-refractivity contribution in [2.75, 3.05) is 0 Å². The van der Waals surface area contributed by atoms with Crippen molar-refractivity contribution in [3.05, 3.63) is 18.0 Å². The molecule has 4 saturated carbocycles. The van der Waals surface area contributed by atoms with Crippen LogP contribution in [-0.2, 0) is 11.3 Å². The van der Waals surface area contributed by atoms with E-state index in [1.165, 1.54) is 51.4 Å². The Morgan fingerprint density at radius 2 is 1.86 bits per heavy atom. The van der Waals surface area contributed by atoms with Gasteiger partial charge in [0.25, 0.3) is 0 Å². The van der Waals surface area contributed by atoms with Crippen molar-refractivity contribution < 1.29 is 4.79 Å². The monoisotopic (exact) mass is 396 g/mol. The van der Waals surface area contributed by atoms with E-state index in [4.69, 9.17) is 0 Å². The van der Waals surface area contributed by atoms with Crippen molar-refractivity contribution in [3.8, 4) is 0 Å². The minimum absolute atomic E-state index is 0.180. The number of rotatable bonds is 3. The zero-order valence-electron chi connectivity index (χ0n) is 19.0. The SMILES string of the molecule is Cc1cnn(CC(=O)C2(C)CCC3C4CCC5CC(C)CCC5C4CCC32C)c1. The fourth-order valence-corrected chi connectivity index (χ4v) is 8.69. The fraction of sp³-hybridized carbons (Fsp3) is 0.846. The van der Waals surface area contributed by atoms with E-state index >= 15 is 0 Å². The van der Waals surface area contributed by atoms with Crippen molar-refractivity contribution in [2.24, 2.45) is 46.3 Å². The summed E-state index contributed by atoms with van der Waals surface area (Å²) < 4.78 is 1.86. The Hall–Kier alpha value is -1.12. The number of fused-ring (bicyclic) bond motifs is 5. The summed E-state index contributed by atoms with van der Waals surface area (Å²) in [6.07, 6.45) is 16.2. The lowest BCUT2D eigenvalue weighted by molar-refractivity contribution is -0.142. The van der Waals surface area contributed by atoms with E-state index in [1.807, 2.05) is 24.0 Å². The summed E-state index contributed by atoms with van der Waals surface area (Å²) in [5.74, 6) is 5.94. The Morgan fingerprint density at radius 3 is 2.62 bits per heavy atom. The maximum absolute atomic E-state index is 13.6. The molecule has 8 unspecified atom stereocenters. The first kappa shape index (κ1) is 19.8. The molecule has 0 bridgehead atoms. The van der Waals surface area contributed by atoms with Crippen LogP contribution in [0.3, 0.4) is 0 Å². The first-order valence-corrected chi connectivity index (χ1v) is 12.3. The van der Waals surface area contributed by atoms with Crippen molar-refractivity contribution >= 4 is 5.78 Å². The largest absolute Gasteiger partial charge is 0.297 e. The molecule has 1 aromatic rings. The van der Waals surface area contributed by atoms with Gasteiger partial charge in [-0.1, -0.05) is 27.2 Å². The van der Waals surface area contributed by atoms with Gasteiger partial charge in [-0.2, -0.15) is 5.10 Å². The predicted molar refractivity (Wildman–Crippen MR) is 116 cm³/mol. The molecule has 0 aliphatic heterocycles. The molecule has 1 aromatic heterocycles. The highest BCUT2D eigenvalue weighted by molar-refractivity contribution is 5.85. The van der Waals surface area contributed by atoms with Crippen LogP contribution in [0.5, 0.6) is 0 Å². The van der Waals surface area contributed by atoms with Gasteiger partial charge in [0.2, 0.25) is 0 Å². The molecular formula is C26H40N2O. The van der Waals surface area contributed by atoms with Crippen LogP contribution in [0.4, 0.5) is 0 Å². The third kappa shape index (κ3) is 2.97. The number of hydrogen-bond donors (Lipinski definition) is 0. The molecule has 0 radical (unpaired) electrons. The normalized spacial score (nSPS) is 46.6. The van der Waals surface area contributed by atoms with Crippen molar-refractivity contribution in [1.29, 1.82) is 0 Å². The quantitative estimate of drug-likeness (QED) is 0.623. The summed E-state index contributed by atoms with van der Waals surface area (Å²) >= 11 is 0. The second kappa shape index (κ2) is 6.95. The fourth-order valence-electron chi connectivity index (χ4n) is 8.69. The molecule has 160 valence electrons. The molecule has 3 nitrogen and oxygen atoms in total. The molecule has 29 heavy (non-hydrogen) atoms. The highest BCUT2D eigenvalue weighted by Gasteiger charge is 2.63. The molecule has 1 heterocycles. The summed E-state index contributed by atoms with van der Waals surface area (Å²) in [6, 6.07) is 0. The van der Waals surface area contributed by atoms with E-state index in [9.17, 15) is 4.79 Å². The standard InChI is InChI=1S/C26H40N2O/c1-17-5-7-20-19(13-17)6-8-22-21(20)9-11-25(3)23(22)10-12-26(25,4)24(29)16-28-15-18(2)14-27-28/h14-15,17,19-23H,5-13,16H2,1-4H3. The van der Waals surface area contributed by atoms with Gasteiger partial charge >= 0.3 is 0 Å². The Balaban J connectivity index is 1.36. The molecule has 0 aromatic carbocycles. The van der Waals surface area contributed by atoms with Gasteiger partial charge < -0.3 is 0 Å². The predicted octanol–water partition coefficient (Wildman–Crippen LogP) is 6.06. The average Bonchev–Trinajstić information content (AvgIpc) is 3.22. The highest BCUT2D eigenvalue weighted by Crippen LogP contribution is 2.68. The third-order valence-corrected chi connectivity index (χ3v) is 10.5. The van der Waals surface area contributed by atoms with Crippen LogP contribution >= 0.6 is 0 Å². The minimum Gasteiger partial charge on any atom is -0.297 e. The Bertz CT molecular complexity index is 783. The Kier molecular flexibility index (Phi) is 4.75. The van der Waals surface area contributed by atoms with Gasteiger partial charge in [-0.05, 0) is 105 Å². The van der Waals surface area contributed by atoms with Gasteiger partial charge in [0, 0.05) is 11.6 Å². The van der Waals surface area contributed by atoms with E-state index in [0.717, 1.165) is 47.5 Å². The second-order valence-electron chi connectivity index (χ2n) is 11.8. The summed E-state index contributed by atoms with van der Waals surface area (Å²) in [6.45, 7) is 9.76. The van der Waals surface area contributed by atoms with Gasteiger partial charge in [0.15, 0.2) is 5.78 Å². The van der Waals surface area contributed by atoms with Gasteiger partial charge in [-0.25, -0.2) is 0 Å². The van der Waals surface area contributed by atoms with E-state index < -0.39 is 0 Å². The summed E-state index contributed by atoms with van der Waals surface area (Å²) in [7, 11) is 0. The highest BCUT2D eigenvalue weighted by atomic mass is 16.1. The van der Waals surface area contributed by atoms with Gasteiger partial charge in [-0.3, -0.25) is 9.48 Å². The maximum Gasteiger partial charge on any atom is 0.160 e. The van der Waals surface area contributed by atoms with Crippen molar-refractivity contribution in [1.82, 2.24) is 9.78 Å². The molecule has 8 atom stereocenters. The molecule has 4 aliphatic rings. The summed E-state index contributed by atoms with van der Waals surface area (Å²) in [5, 5.41) is 4.40. The Morgan fingerprint density at radius 1 is 1.07 bits per heavy atom. The molecule has 0 spiro atoms. The van der Waals surface area contributed by atoms with Crippen LogP contribution in [0.15, 0.2) is 12.4 Å². The Labute approximate surface area is 177 Å². The molecule has 3 heteroatoms. The average molecular weight is 397 g/mol. The second-order valence-corrected chi connectivity index (χ2v) is 11.8. The molecule has 0 N–H and O–H groups in total. The van der Waals surface area contributed by atoms with E-state index in [2.05, 4.69) is 25.9 Å². The van der Waals surface area contributed by atoms with E-state index in [-0.39, 0.29) is 10.8 Å². The number of carbonyl (C=O) groups excluding carboxylic acids is 1. The number of aromatic nitrogens is 2. The molecule has 5 rings (SSSR count). The number of carbonyl (C=O) groups is 1. The summed E-state index contributed by atoms with van der Waals surface area (Å²) in [4.78, 5) is 13.6. The number of hydrogen-bond acceptors (Lipinski definition) is 2. The lowest BCUT2D eigenvalue weighted by Crippen LogP contribution is -2.52. The maximum atomic E-state index is 13.6. The molecule has 4 aliphatic carbocycles. The number of nitrogens with zero attached hydrogens (tertiary/aromatic N) is 2. The zero-order chi connectivity index (χ0) is 20.4. The van der Waals surface area contributed by atoms with Gasteiger partial charge in [-0.15, -0.1) is 0 Å². The van der Waals surface area contributed by atoms with Crippen LogP contribution < -0.4 is 0 Å². The smallest absolute Gasteiger partial charge is 0.160 e. The molecular weight excluding hydrogens is 356 g/mol. The van der Waals surface area contributed by atoms with E-state index in [0.29, 0.717) is 12.3 Å². The third-order valence-electron chi connectivity index (χ3n) is 10.5. The molecule has 0 saturated heterocycles. The topological polar surface area (TPSA) is 34.9 Å². The van der Waals surface area contributed by atoms with Crippen LogP contribution in [0.2, 0.25) is 0 Å². The van der Waals surface area contributed by atoms with E-state index in [1.54, 1.807) is 0 Å². The summed E-state index contributed by atoms with van der Waals surface area (Å²) in [5.41, 5.74) is 1.14. The molecule has 4 fully saturated rings. The number of aryl methyl sites for hydroxylation is 1. The number of Topliss-reactive ketones (excluding diaryl/α,β-unsaturated/α-hetero) is 1. The lowest BCUT2D eigenvalue weighted by Gasteiger charge is -2.57.